The fraction of sp³-hybridized carbons (Fsp3) is 0.474. The van der Waals surface area contributed by atoms with Gasteiger partial charge < -0.3 is 9.64 Å². The van der Waals surface area contributed by atoms with Crippen molar-refractivity contribution in [1.29, 1.82) is 5.26 Å². The van der Waals surface area contributed by atoms with Gasteiger partial charge in [-0.2, -0.15) is 10.2 Å². The first kappa shape index (κ1) is 17.6. The van der Waals surface area contributed by atoms with E-state index in [1.165, 1.54) is 24.5 Å². The van der Waals surface area contributed by atoms with Crippen molar-refractivity contribution < 1.29 is 13.5 Å². The molecule has 0 spiro atoms. The first-order valence-electron chi connectivity index (χ1n) is 9.03. The van der Waals surface area contributed by atoms with Crippen LogP contribution in [0.1, 0.15) is 48.6 Å². The quantitative estimate of drug-likeness (QED) is 0.774. The average Bonchev–Trinajstić information content (AvgIpc) is 3.44. The SMILES string of the molecule is N#Cc1cnc(C2CC2)nc1OC[C@H]1CCN(c2ncccc2C(F)F)C1. The number of anilines is 1. The second-order valence-electron chi connectivity index (χ2n) is 6.96. The minimum atomic E-state index is -2.55. The van der Waals surface area contributed by atoms with Crippen LogP contribution in [-0.2, 0) is 0 Å². The maximum atomic E-state index is 13.2. The van der Waals surface area contributed by atoms with Crippen LogP contribution in [-0.4, -0.2) is 34.6 Å². The summed E-state index contributed by atoms with van der Waals surface area (Å²) in [5.41, 5.74) is 0.273. The maximum Gasteiger partial charge on any atom is 0.267 e. The maximum absolute atomic E-state index is 13.2. The van der Waals surface area contributed by atoms with Crippen LogP contribution in [0.3, 0.4) is 0 Å². The predicted octanol–water partition coefficient (Wildman–Crippen LogP) is 3.46. The van der Waals surface area contributed by atoms with Gasteiger partial charge in [-0.25, -0.2) is 18.7 Å². The normalized spacial score (nSPS) is 19.3. The van der Waals surface area contributed by atoms with E-state index in [0.29, 0.717) is 42.9 Å². The van der Waals surface area contributed by atoms with E-state index in [4.69, 9.17) is 4.74 Å². The lowest BCUT2D eigenvalue weighted by atomic mass is 10.1. The van der Waals surface area contributed by atoms with Crippen LogP contribution in [0.5, 0.6) is 5.88 Å². The third kappa shape index (κ3) is 3.82. The molecule has 0 N–H and O–H groups in total. The van der Waals surface area contributed by atoms with Crippen molar-refractivity contribution in [2.24, 2.45) is 5.92 Å². The zero-order chi connectivity index (χ0) is 18.8. The number of hydrogen-bond donors (Lipinski definition) is 0. The highest BCUT2D eigenvalue weighted by atomic mass is 19.3. The summed E-state index contributed by atoms with van der Waals surface area (Å²) in [5.74, 6) is 1.92. The minimum Gasteiger partial charge on any atom is -0.476 e. The molecule has 2 fully saturated rings. The van der Waals surface area contributed by atoms with Crippen molar-refractivity contribution in [1.82, 2.24) is 15.0 Å². The molecule has 6 nitrogen and oxygen atoms in total. The molecule has 0 amide bonds. The highest BCUT2D eigenvalue weighted by Gasteiger charge is 2.29. The Labute approximate surface area is 155 Å². The molecule has 0 aromatic carbocycles. The van der Waals surface area contributed by atoms with Gasteiger partial charge >= 0.3 is 0 Å². The van der Waals surface area contributed by atoms with Crippen LogP contribution < -0.4 is 9.64 Å². The van der Waals surface area contributed by atoms with Gasteiger partial charge in [0.25, 0.3) is 6.43 Å². The van der Waals surface area contributed by atoms with Gasteiger partial charge in [-0.15, -0.1) is 0 Å². The molecule has 2 aromatic heterocycles. The molecule has 1 saturated heterocycles. The molecule has 1 atom stereocenters. The third-order valence-electron chi connectivity index (χ3n) is 4.93. The Morgan fingerprint density at radius 1 is 1.30 bits per heavy atom. The van der Waals surface area contributed by atoms with Gasteiger partial charge in [0.05, 0.1) is 18.4 Å². The molecule has 27 heavy (non-hydrogen) atoms. The molecule has 140 valence electrons. The Bertz CT molecular complexity index is 865. The van der Waals surface area contributed by atoms with Crippen LogP contribution in [0, 0.1) is 17.2 Å². The Morgan fingerprint density at radius 2 is 2.15 bits per heavy atom. The lowest BCUT2D eigenvalue weighted by Crippen LogP contribution is -2.24. The van der Waals surface area contributed by atoms with Crippen molar-refractivity contribution >= 4 is 5.82 Å². The van der Waals surface area contributed by atoms with Crippen molar-refractivity contribution in [3.63, 3.8) is 0 Å². The molecular formula is C19H19F2N5O. The Hall–Kier alpha value is -2.82. The summed E-state index contributed by atoms with van der Waals surface area (Å²) in [6.07, 6.45) is 3.44. The lowest BCUT2D eigenvalue weighted by molar-refractivity contribution is 0.151. The van der Waals surface area contributed by atoms with Gasteiger partial charge in [0.15, 0.2) is 0 Å². The molecule has 1 aliphatic carbocycles. The topological polar surface area (TPSA) is 74.9 Å². The number of hydrogen-bond acceptors (Lipinski definition) is 6. The first-order chi connectivity index (χ1) is 13.2. The summed E-state index contributed by atoms with van der Waals surface area (Å²) < 4.78 is 32.2. The van der Waals surface area contributed by atoms with Gasteiger partial charge in [0.2, 0.25) is 5.88 Å². The summed E-state index contributed by atoms with van der Waals surface area (Å²) in [4.78, 5) is 14.6. The van der Waals surface area contributed by atoms with Gasteiger partial charge in [-0.1, -0.05) is 0 Å². The number of pyridine rings is 1. The van der Waals surface area contributed by atoms with E-state index in [9.17, 15) is 14.0 Å². The smallest absolute Gasteiger partial charge is 0.267 e. The van der Waals surface area contributed by atoms with E-state index in [-0.39, 0.29) is 11.5 Å². The summed E-state index contributed by atoms with van der Waals surface area (Å²) in [5, 5.41) is 9.23. The van der Waals surface area contributed by atoms with Crippen LogP contribution in [0.2, 0.25) is 0 Å². The molecule has 4 rings (SSSR count). The Balaban J connectivity index is 1.41. The molecule has 8 heteroatoms. The standard InChI is InChI=1S/C19H19F2N5O/c20-16(21)15-2-1-6-23-18(15)26-7-5-12(10-26)11-27-19-14(8-22)9-24-17(25-19)13-3-4-13/h1-2,6,9,12-13,16H,3-5,7,10-11H2/t12-/m0/s1. The second-order valence-corrected chi connectivity index (χ2v) is 6.96. The number of halogens is 2. The largest absolute Gasteiger partial charge is 0.476 e. The zero-order valence-corrected chi connectivity index (χ0v) is 14.7. The van der Waals surface area contributed by atoms with E-state index in [2.05, 4.69) is 21.0 Å². The van der Waals surface area contributed by atoms with E-state index < -0.39 is 6.43 Å². The highest BCUT2D eigenvalue weighted by Crippen LogP contribution is 2.38. The minimum absolute atomic E-state index is 0.0456. The first-order valence-corrected chi connectivity index (χ1v) is 9.03. The molecule has 0 bridgehead atoms. The van der Waals surface area contributed by atoms with Gasteiger partial charge in [-0.05, 0) is 31.4 Å². The summed E-state index contributed by atoms with van der Waals surface area (Å²) in [6.45, 7) is 1.61. The summed E-state index contributed by atoms with van der Waals surface area (Å²) in [6, 6.07) is 5.00. The second kappa shape index (κ2) is 7.43. The lowest BCUT2D eigenvalue weighted by Gasteiger charge is -2.20. The van der Waals surface area contributed by atoms with E-state index in [0.717, 1.165) is 25.1 Å². The number of nitriles is 1. The number of aromatic nitrogens is 3. The molecule has 0 radical (unpaired) electrons. The van der Waals surface area contributed by atoms with Crippen LogP contribution in [0.15, 0.2) is 24.5 Å². The Morgan fingerprint density at radius 3 is 2.89 bits per heavy atom. The van der Waals surface area contributed by atoms with Crippen LogP contribution >= 0.6 is 0 Å². The summed E-state index contributed by atoms with van der Waals surface area (Å²) >= 11 is 0. The molecule has 3 heterocycles. The van der Waals surface area contributed by atoms with Crippen molar-refractivity contribution in [2.75, 3.05) is 24.6 Å². The van der Waals surface area contributed by atoms with Crippen molar-refractivity contribution in [3.05, 3.63) is 41.5 Å². The average molecular weight is 371 g/mol. The number of nitrogens with zero attached hydrogens (tertiary/aromatic N) is 5. The van der Waals surface area contributed by atoms with Crippen LogP contribution in [0.4, 0.5) is 14.6 Å². The molecule has 2 aromatic rings. The van der Waals surface area contributed by atoms with E-state index in [1.54, 1.807) is 0 Å². The molecule has 0 unspecified atom stereocenters. The molecule has 1 saturated carbocycles. The van der Waals surface area contributed by atoms with Crippen LogP contribution in [0.25, 0.3) is 0 Å². The van der Waals surface area contributed by atoms with Gasteiger partial charge in [0.1, 0.15) is 23.3 Å². The molecule has 2 aliphatic rings. The predicted molar refractivity (Wildman–Crippen MR) is 93.7 cm³/mol. The van der Waals surface area contributed by atoms with Crippen molar-refractivity contribution in [3.8, 4) is 11.9 Å². The third-order valence-corrected chi connectivity index (χ3v) is 4.93. The molecule has 1 aliphatic heterocycles. The van der Waals surface area contributed by atoms with Crippen molar-refractivity contribution in [2.45, 2.75) is 31.6 Å². The molecular weight excluding hydrogens is 352 g/mol. The number of ether oxygens (including phenoxy) is 1. The fourth-order valence-corrected chi connectivity index (χ4v) is 3.31. The number of rotatable bonds is 6. The van der Waals surface area contributed by atoms with E-state index in [1.807, 2.05) is 4.90 Å². The highest BCUT2D eigenvalue weighted by molar-refractivity contribution is 5.48. The summed E-state index contributed by atoms with van der Waals surface area (Å²) in [7, 11) is 0. The zero-order valence-electron chi connectivity index (χ0n) is 14.7. The Kier molecular flexibility index (Phi) is 4.84. The van der Waals surface area contributed by atoms with Gasteiger partial charge in [0, 0.05) is 31.1 Å². The monoisotopic (exact) mass is 371 g/mol. The number of alkyl halides is 2. The fourth-order valence-electron chi connectivity index (χ4n) is 3.31. The van der Waals surface area contributed by atoms with E-state index >= 15 is 0 Å². The van der Waals surface area contributed by atoms with Gasteiger partial charge in [-0.3, -0.25) is 0 Å².